The van der Waals surface area contributed by atoms with E-state index >= 15 is 0 Å². The predicted octanol–water partition coefficient (Wildman–Crippen LogP) is 3.18. The van der Waals surface area contributed by atoms with Crippen LogP contribution in [0.4, 0.5) is 0 Å². The van der Waals surface area contributed by atoms with Crippen molar-refractivity contribution in [2.75, 3.05) is 14.1 Å². The molecule has 1 aromatic heterocycles. The predicted molar refractivity (Wildman–Crippen MR) is 104 cm³/mol. The third kappa shape index (κ3) is 3.74. The van der Waals surface area contributed by atoms with Gasteiger partial charge in [-0.05, 0) is 37.4 Å². The van der Waals surface area contributed by atoms with Crippen molar-refractivity contribution in [2.24, 2.45) is 0 Å². The number of benzene rings is 2. The first-order chi connectivity index (χ1) is 12.9. The van der Waals surface area contributed by atoms with E-state index in [0.717, 1.165) is 28.7 Å². The lowest BCUT2D eigenvalue weighted by molar-refractivity contribution is 0.0785. The van der Waals surface area contributed by atoms with Gasteiger partial charge < -0.3 is 9.32 Å². The molecule has 0 atom stereocenters. The van der Waals surface area contributed by atoms with Gasteiger partial charge in [0.25, 0.3) is 5.91 Å². The molecule has 0 bridgehead atoms. The number of para-hydroxylation sites is 1. The molecule has 7 heteroatoms. The largest absolute Gasteiger partial charge is 0.461 e. The summed E-state index contributed by atoms with van der Waals surface area (Å²) in [5.74, 6) is 0.682. The zero-order valence-electron chi connectivity index (χ0n) is 15.5. The van der Waals surface area contributed by atoms with Crippen LogP contribution < -0.4 is 4.72 Å². The summed E-state index contributed by atoms with van der Waals surface area (Å²) in [6, 6.07) is 13.7. The van der Waals surface area contributed by atoms with Crippen molar-refractivity contribution in [3.05, 3.63) is 65.4 Å². The van der Waals surface area contributed by atoms with Crippen LogP contribution in [0.15, 0.2) is 57.8 Å². The molecule has 142 valence electrons. The molecule has 0 aliphatic heterocycles. The van der Waals surface area contributed by atoms with Crippen molar-refractivity contribution in [1.29, 1.82) is 0 Å². The van der Waals surface area contributed by atoms with Gasteiger partial charge in [0.05, 0.1) is 4.90 Å². The lowest BCUT2D eigenvalue weighted by Gasteiger charge is -2.17. The topological polar surface area (TPSA) is 79.6 Å². The van der Waals surface area contributed by atoms with E-state index < -0.39 is 10.0 Å². The number of hydrogen-bond donors (Lipinski definition) is 1. The first-order valence-corrected chi connectivity index (χ1v) is 10.1. The minimum atomic E-state index is -3.52. The summed E-state index contributed by atoms with van der Waals surface area (Å²) in [4.78, 5) is 14.5. The molecule has 1 heterocycles. The number of carbonyl (C=O) groups excluding carboxylic acids is 1. The monoisotopic (exact) mass is 386 g/mol. The molecule has 0 fully saturated rings. The van der Waals surface area contributed by atoms with E-state index in [4.69, 9.17) is 4.42 Å². The summed E-state index contributed by atoms with van der Waals surface area (Å²) >= 11 is 0. The normalized spacial score (nSPS) is 11.7. The van der Waals surface area contributed by atoms with Crippen LogP contribution in [0.5, 0.6) is 0 Å². The van der Waals surface area contributed by atoms with E-state index in [9.17, 15) is 13.2 Å². The van der Waals surface area contributed by atoms with E-state index in [-0.39, 0.29) is 10.8 Å². The highest BCUT2D eigenvalue weighted by Gasteiger charge is 2.19. The average molecular weight is 386 g/mol. The van der Waals surface area contributed by atoms with Crippen molar-refractivity contribution in [2.45, 2.75) is 24.8 Å². The van der Waals surface area contributed by atoms with E-state index in [1.165, 1.54) is 31.3 Å². The summed E-state index contributed by atoms with van der Waals surface area (Å²) in [7, 11) is -0.449. The van der Waals surface area contributed by atoms with Crippen molar-refractivity contribution < 1.29 is 17.6 Å². The molecule has 3 rings (SSSR count). The third-order valence-electron chi connectivity index (χ3n) is 4.53. The highest BCUT2D eigenvalue weighted by atomic mass is 32.2. The maximum Gasteiger partial charge on any atom is 0.253 e. The number of nitrogens with one attached hydrogen (secondary N) is 1. The average Bonchev–Trinajstić information content (AvgIpc) is 3.05. The van der Waals surface area contributed by atoms with Gasteiger partial charge in [0.15, 0.2) is 0 Å². The van der Waals surface area contributed by atoms with Crippen molar-refractivity contribution in [3.63, 3.8) is 0 Å². The van der Waals surface area contributed by atoms with E-state index in [2.05, 4.69) is 4.72 Å². The Hall–Kier alpha value is -2.64. The SMILES string of the molecule is CCc1oc2ccccc2c1CN(C)C(=O)c1ccc(S(=O)(=O)NC)cc1. The summed E-state index contributed by atoms with van der Waals surface area (Å²) in [5.41, 5.74) is 2.24. The third-order valence-corrected chi connectivity index (χ3v) is 5.96. The molecule has 1 amide bonds. The molecule has 3 aromatic rings. The molecule has 6 nitrogen and oxygen atoms in total. The van der Waals surface area contributed by atoms with Crippen LogP contribution in [0.25, 0.3) is 11.0 Å². The number of hydrogen-bond acceptors (Lipinski definition) is 4. The number of aryl methyl sites for hydroxylation is 1. The van der Waals surface area contributed by atoms with Crippen LogP contribution in [0.3, 0.4) is 0 Å². The Morgan fingerprint density at radius 3 is 2.41 bits per heavy atom. The number of carbonyl (C=O) groups is 1. The number of rotatable bonds is 6. The zero-order valence-corrected chi connectivity index (χ0v) is 16.3. The Labute approximate surface area is 158 Å². The Bertz CT molecular complexity index is 1070. The second-order valence-corrected chi connectivity index (χ2v) is 8.13. The van der Waals surface area contributed by atoms with Crippen LogP contribution in [0, 0.1) is 0 Å². The van der Waals surface area contributed by atoms with Crippen LogP contribution in [0.2, 0.25) is 0 Å². The van der Waals surface area contributed by atoms with Gasteiger partial charge in [-0.25, -0.2) is 13.1 Å². The van der Waals surface area contributed by atoms with Crippen LogP contribution in [-0.4, -0.2) is 33.3 Å². The minimum absolute atomic E-state index is 0.123. The quantitative estimate of drug-likeness (QED) is 0.706. The Kier molecular flexibility index (Phi) is 5.34. The van der Waals surface area contributed by atoms with Crippen LogP contribution >= 0.6 is 0 Å². The van der Waals surface area contributed by atoms with Gasteiger partial charge in [-0.3, -0.25) is 4.79 Å². The molecule has 0 aliphatic carbocycles. The Balaban J connectivity index is 1.85. The number of furan rings is 1. The summed E-state index contributed by atoms with van der Waals surface area (Å²) in [5, 5.41) is 1.00. The Morgan fingerprint density at radius 1 is 1.11 bits per heavy atom. The van der Waals surface area contributed by atoms with E-state index in [0.29, 0.717) is 12.1 Å². The van der Waals surface area contributed by atoms with Gasteiger partial charge in [0.2, 0.25) is 10.0 Å². The van der Waals surface area contributed by atoms with Gasteiger partial charge in [0, 0.05) is 36.5 Å². The summed E-state index contributed by atoms with van der Waals surface area (Å²) in [6.45, 7) is 2.43. The minimum Gasteiger partial charge on any atom is -0.461 e. The molecular weight excluding hydrogens is 364 g/mol. The molecular formula is C20H22N2O4S. The van der Waals surface area contributed by atoms with Crippen LogP contribution in [0.1, 0.15) is 28.6 Å². The molecule has 0 radical (unpaired) electrons. The fourth-order valence-corrected chi connectivity index (χ4v) is 3.76. The standard InChI is InChI=1S/C20H22N2O4S/c1-4-18-17(16-7-5-6-8-19(16)26-18)13-22(3)20(23)14-9-11-15(12-10-14)27(24,25)21-2/h5-12,21H,4,13H2,1-3H3. The lowest BCUT2D eigenvalue weighted by atomic mass is 10.1. The van der Waals surface area contributed by atoms with Crippen LogP contribution in [-0.2, 0) is 23.0 Å². The highest BCUT2D eigenvalue weighted by Crippen LogP contribution is 2.27. The van der Waals surface area contributed by atoms with Gasteiger partial charge in [0.1, 0.15) is 11.3 Å². The number of amides is 1. The van der Waals surface area contributed by atoms with Gasteiger partial charge >= 0.3 is 0 Å². The molecule has 0 saturated carbocycles. The molecule has 0 saturated heterocycles. The van der Waals surface area contributed by atoms with E-state index in [1.807, 2.05) is 31.2 Å². The van der Waals surface area contributed by atoms with Crippen molar-refractivity contribution >= 4 is 26.9 Å². The molecule has 2 aromatic carbocycles. The second kappa shape index (κ2) is 7.54. The summed E-state index contributed by atoms with van der Waals surface area (Å²) in [6.07, 6.45) is 0.739. The molecule has 0 spiro atoms. The fraction of sp³-hybridized carbons (Fsp3) is 0.250. The zero-order chi connectivity index (χ0) is 19.6. The maximum absolute atomic E-state index is 12.8. The van der Waals surface area contributed by atoms with Gasteiger partial charge in [-0.2, -0.15) is 0 Å². The fourth-order valence-electron chi connectivity index (χ4n) is 3.03. The lowest BCUT2D eigenvalue weighted by Crippen LogP contribution is -2.26. The molecule has 0 aliphatic rings. The Morgan fingerprint density at radius 2 is 1.78 bits per heavy atom. The first-order valence-electron chi connectivity index (χ1n) is 8.65. The number of nitrogens with zero attached hydrogens (tertiary/aromatic N) is 1. The highest BCUT2D eigenvalue weighted by molar-refractivity contribution is 7.89. The second-order valence-electron chi connectivity index (χ2n) is 6.25. The summed E-state index contributed by atoms with van der Waals surface area (Å²) < 4.78 is 31.8. The number of sulfonamides is 1. The first kappa shape index (κ1) is 19.1. The van der Waals surface area contributed by atoms with Gasteiger partial charge in [-0.15, -0.1) is 0 Å². The van der Waals surface area contributed by atoms with Crippen molar-refractivity contribution in [1.82, 2.24) is 9.62 Å². The van der Waals surface area contributed by atoms with Gasteiger partial charge in [-0.1, -0.05) is 25.1 Å². The maximum atomic E-state index is 12.8. The number of fused-ring (bicyclic) bond motifs is 1. The molecule has 0 unspecified atom stereocenters. The van der Waals surface area contributed by atoms with E-state index in [1.54, 1.807) is 11.9 Å². The van der Waals surface area contributed by atoms with Crippen molar-refractivity contribution in [3.8, 4) is 0 Å². The smallest absolute Gasteiger partial charge is 0.253 e. The molecule has 1 N–H and O–H groups in total. The molecule has 27 heavy (non-hydrogen) atoms.